The number of amides is 1. The Bertz CT molecular complexity index is 884. The molecule has 8 nitrogen and oxygen atoms in total. The van der Waals surface area contributed by atoms with Gasteiger partial charge in [-0.05, 0) is 26.0 Å². The summed E-state index contributed by atoms with van der Waals surface area (Å²) in [6.45, 7) is 5.19. The number of non-ortho nitro benzene ring substituents is 1. The molecule has 1 amide bonds. The van der Waals surface area contributed by atoms with Crippen molar-refractivity contribution in [2.75, 3.05) is 0 Å². The Kier molecular flexibility index (Phi) is 6.17. The SMILES string of the molecule is [3H][B]S(=S)[C@@H]1[C@@H](Br)C(=O)N1[C@@H](C(=C)C)C(=O)OC(=O)c1ccc([N+](=O)[O-])cc1. The number of nitro groups is 1. The summed E-state index contributed by atoms with van der Waals surface area (Å²) >= 11 is 8.35. The first-order valence-electron chi connectivity index (χ1n) is 7.91. The standard InChI is InChI=1S/C15H13BBrN2O6S2/c1-7(2)11(18-12(20)10(17)13(18)27(16)26)15(22)25-14(21)8-3-5-9(6-4-8)19(23)24/h3-6,10-11,13,16H,1H2,2H3/t10-,11-,13+,27?/m0/s1/i16T. The van der Waals surface area contributed by atoms with E-state index in [4.69, 9.17) is 17.3 Å². The zero-order valence-corrected chi connectivity index (χ0v) is 17.1. The van der Waals surface area contributed by atoms with Gasteiger partial charge in [-0.25, -0.2) is 9.59 Å². The van der Waals surface area contributed by atoms with Crippen molar-refractivity contribution in [1.29, 1.82) is 1.34 Å². The molecule has 1 aliphatic rings. The molecular formula is C15H13BBrN2O6S2. The molecule has 4 atom stereocenters. The maximum absolute atomic E-state index is 12.6. The molecular weight excluding hydrogens is 459 g/mol. The molecule has 0 N–H and O–H groups in total. The Morgan fingerprint density at radius 3 is 2.59 bits per heavy atom. The number of β-lactam (4-membered cyclic amide) rings is 1. The Labute approximate surface area is 172 Å². The summed E-state index contributed by atoms with van der Waals surface area (Å²) < 4.78 is 12.2. The van der Waals surface area contributed by atoms with Crippen molar-refractivity contribution in [3.8, 4) is 0 Å². The third-order valence-electron chi connectivity index (χ3n) is 3.73. The van der Waals surface area contributed by atoms with E-state index < -0.39 is 48.3 Å². The van der Waals surface area contributed by atoms with Crippen molar-refractivity contribution in [3.05, 3.63) is 52.1 Å². The largest absolute Gasteiger partial charge is 0.388 e. The number of alkyl halides is 1. The lowest BCUT2D eigenvalue weighted by atomic mass is 10.0. The van der Waals surface area contributed by atoms with Crippen LogP contribution in [0.15, 0.2) is 36.4 Å². The van der Waals surface area contributed by atoms with Crippen molar-refractivity contribution in [2.24, 2.45) is 0 Å². The predicted octanol–water partition coefficient (Wildman–Crippen LogP) is 1.05. The van der Waals surface area contributed by atoms with Gasteiger partial charge in [0.05, 0.1) is 15.9 Å². The van der Waals surface area contributed by atoms with E-state index in [1.807, 2.05) is 0 Å². The van der Waals surface area contributed by atoms with E-state index in [-0.39, 0.29) is 16.8 Å². The number of hydrogen-bond acceptors (Lipinski definition) is 7. The molecule has 27 heavy (non-hydrogen) atoms. The van der Waals surface area contributed by atoms with Crippen molar-refractivity contribution in [2.45, 2.75) is 23.2 Å². The number of rotatable bonds is 7. The summed E-state index contributed by atoms with van der Waals surface area (Å²) in [5, 5.41) is 10.0. The number of halogens is 1. The van der Waals surface area contributed by atoms with Gasteiger partial charge >= 0.3 is 11.9 Å². The molecule has 1 aromatic rings. The lowest BCUT2D eigenvalue weighted by molar-refractivity contribution is -0.384. The number of hydrogen-bond donors (Lipinski definition) is 0. The summed E-state index contributed by atoms with van der Waals surface area (Å²) in [6, 6.07) is 3.28. The van der Waals surface area contributed by atoms with Gasteiger partial charge in [-0.2, -0.15) is 0 Å². The van der Waals surface area contributed by atoms with Crippen LogP contribution in [-0.2, 0) is 34.8 Å². The normalized spacial score (nSPS) is 21.3. The summed E-state index contributed by atoms with van der Waals surface area (Å²) in [5.74, 6) is -2.47. The maximum Gasteiger partial charge on any atom is 0.345 e. The highest BCUT2D eigenvalue weighted by molar-refractivity contribution is 9.10. The van der Waals surface area contributed by atoms with Crippen LogP contribution in [0.3, 0.4) is 0 Å². The molecule has 1 aliphatic heterocycles. The minimum Gasteiger partial charge on any atom is -0.388 e. The highest BCUT2D eigenvalue weighted by Gasteiger charge is 2.52. The number of benzene rings is 1. The minimum absolute atomic E-state index is 0.0632. The fraction of sp³-hybridized carbons (Fsp3) is 0.267. The monoisotopic (exact) mass is 473 g/mol. The first-order valence-corrected chi connectivity index (χ1v) is 10.5. The number of carbonyl (C=O) groups is 3. The second kappa shape index (κ2) is 8.40. The molecule has 0 aromatic heterocycles. The van der Waals surface area contributed by atoms with E-state index in [0.29, 0.717) is 0 Å². The first-order chi connectivity index (χ1) is 13.1. The second-order valence-corrected chi connectivity index (χ2v) is 8.91. The molecule has 0 saturated carbocycles. The van der Waals surface area contributed by atoms with Gasteiger partial charge in [0.15, 0.2) is 13.1 Å². The van der Waals surface area contributed by atoms with Crippen LogP contribution in [0.2, 0.25) is 0 Å². The summed E-state index contributed by atoms with van der Waals surface area (Å²) in [4.78, 5) is 47.6. The molecule has 1 unspecified atom stereocenters. The van der Waals surface area contributed by atoms with Gasteiger partial charge in [0, 0.05) is 12.1 Å². The van der Waals surface area contributed by atoms with Gasteiger partial charge in [0.2, 0.25) is 5.91 Å². The molecule has 141 valence electrons. The second-order valence-electron chi connectivity index (χ2n) is 5.63. The Morgan fingerprint density at radius 2 is 2.11 bits per heavy atom. The average Bonchev–Trinajstić information content (AvgIpc) is 2.66. The highest BCUT2D eigenvalue weighted by atomic mass is 79.9. The predicted molar refractivity (Wildman–Crippen MR) is 107 cm³/mol. The van der Waals surface area contributed by atoms with Crippen molar-refractivity contribution >= 4 is 67.0 Å². The first kappa shape index (κ1) is 19.8. The Hall–Kier alpha value is -1.92. The van der Waals surface area contributed by atoms with Crippen LogP contribution in [0, 0.1) is 10.1 Å². The van der Waals surface area contributed by atoms with Gasteiger partial charge in [-0.1, -0.05) is 33.7 Å². The topological polar surface area (TPSA) is 107 Å². The number of ether oxygens (including phenoxy) is 1. The van der Waals surface area contributed by atoms with Gasteiger partial charge in [0.25, 0.3) is 5.69 Å². The smallest absolute Gasteiger partial charge is 0.345 e. The van der Waals surface area contributed by atoms with E-state index in [1.165, 1.54) is 6.92 Å². The molecule has 2 rings (SSSR count). The number of carbonyl (C=O) groups excluding carboxylic acids is 3. The number of esters is 2. The van der Waals surface area contributed by atoms with Crippen LogP contribution in [0.1, 0.15) is 17.3 Å². The highest BCUT2D eigenvalue weighted by Crippen LogP contribution is 2.33. The van der Waals surface area contributed by atoms with Crippen LogP contribution in [0.5, 0.6) is 0 Å². The zero-order valence-electron chi connectivity index (χ0n) is 14.9. The van der Waals surface area contributed by atoms with Crippen LogP contribution in [0.25, 0.3) is 0 Å². The summed E-state index contributed by atoms with van der Waals surface area (Å²) in [7, 11) is -0.0293. The van der Waals surface area contributed by atoms with Gasteiger partial charge in [0.1, 0.15) is 4.83 Å². The van der Waals surface area contributed by atoms with Crippen LogP contribution in [0.4, 0.5) is 5.69 Å². The van der Waals surface area contributed by atoms with E-state index in [0.717, 1.165) is 36.3 Å². The average molecular weight is 474 g/mol. The minimum atomic E-state index is -1.24. The van der Waals surface area contributed by atoms with E-state index in [2.05, 4.69) is 22.5 Å². The van der Waals surface area contributed by atoms with Crippen LogP contribution in [-0.4, -0.2) is 52.3 Å². The third-order valence-corrected chi connectivity index (χ3v) is 6.54. The van der Waals surface area contributed by atoms with E-state index >= 15 is 0 Å². The number of nitrogens with zero attached hydrogens (tertiary/aromatic N) is 2. The maximum atomic E-state index is 12.6. The molecule has 0 aliphatic carbocycles. The lowest BCUT2D eigenvalue weighted by Gasteiger charge is -2.48. The Balaban J connectivity index is 2.20. The summed E-state index contributed by atoms with van der Waals surface area (Å²) in [6.07, 6.45) is 0. The third kappa shape index (κ3) is 4.33. The molecule has 1 fully saturated rings. The fourth-order valence-electron chi connectivity index (χ4n) is 2.43. The van der Waals surface area contributed by atoms with Gasteiger partial charge < -0.3 is 9.64 Å². The molecule has 1 radical (unpaired) electrons. The molecule has 0 spiro atoms. The lowest BCUT2D eigenvalue weighted by Crippen LogP contribution is -2.68. The molecule has 1 saturated heterocycles. The molecule has 1 aromatic carbocycles. The van der Waals surface area contributed by atoms with Crippen molar-refractivity contribution in [1.82, 2.24) is 4.90 Å². The molecule has 12 heteroatoms. The van der Waals surface area contributed by atoms with Crippen LogP contribution < -0.4 is 0 Å². The molecule has 0 bridgehead atoms. The van der Waals surface area contributed by atoms with Gasteiger partial charge in [-0.3, -0.25) is 14.9 Å². The fourth-order valence-corrected chi connectivity index (χ4v) is 5.46. The van der Waals surface area contributed by atoms with E-state index in [9.17, 15) is 24.5 Å². The summed E-state index contributed by atoms with van der Waals surface area (Å²) in [5.41, 5.74) is -0.0211. The molecule has 1 heterocycles. The van der Waals surface area contributed by atoms with Crippen molar-refractivity contribution < 1.29 is 24.0 Å². The van der Waals surface area contributed by atoms with E-state index in [1.54, 1.807) is 0 Å². The Morgan fingerprint density at radius 1 is 1.52 bits per heavy atom. The number of likely N-dealkylation sites (tertiary alicyclic amines) is 1. The quantitative estimate of drug-likeness (QED) is 0.0851. The van der Waals surface area contributed by atoms with Gasteiger partial charge in [-0.15, -0.1) is 9.31 Å². The van der Waals surface area contributed by atoms with Crippen LogP contribution >= 0.6 is 15.9 Å². The zero-order chi connectivity index (χ0) is 21.2. The van der Waals surface area contributed by atoms with Crippen molar-refractivity contribution in [3.63, 3.8) is 0 Å². The number of nitro benzene ring substituents is 1.